The van der Waals surface area contributed by atoms with Crippen molar-refractivity contribution in [2.75, 3.05) is 5.73 Å². The van der Waals surface area contributed by atoms with E-state index < -0.39 is 0 Å². The minimum atomic E-state index is 0.409. The van der Waals surface area contributed by atoms with E-state index in [1.807, 2.05) is 11.6 Å². The molecular weight excluding hydrogens is 277 g/mol. The van der Waals surface area contributed by atoms with Crippen LogP contribution in [-0.4, -0.2) is 9.78 Å². The van der Waals surface area contributed by atoms with Crippen LogP contribution in [0.25, 0.3) is 0 Å². The smallest absolute Gasteiger partial charge is 0.135 e. The monoisotopic (exact) mass is 293 g/mol. The van der Waals surface area contributed by atoms with Crippen molar-refractivity contribution < 1.29 is 0 Å². The van der Waals surface area contributed by atoms with E-state index >= 15 is 0 Å². The summed E-state index contributed by atoms with van der Waals surface area (Å²) in [6.45, 7) is 6.32. The fourth-order valence-corrected chi connectivity index (χ4v) is 1.78. The molecule has 1 aromatic heterocycles. The predicted octanol–water partition coefficient (Wildman–Crippen LogP) is 2.74. The van der Waals surface area contributed by atoms with E-state index in [2.05, 4.69) is 41.5 Å². The zero-order chi connectivity index (χ0) is 10.0. The Kier molecular flexibility index (Phi) is 3.58. The molecule has 0 bridgehead atoms. The van der Waals surface area contributed by atoms with Gasteiger partial charge < -0.3 is 5.73 Å². The summed E-state index contributed by atoms with van der Waals surface area (Å²) < 4.78 is 3.02. The molecule has 13 heavy (non-hydrogen) atoms. The number of halogens is 1. The van der Waals surface area contributed by atoms with Crippen LogP contribution in [0.5, 0.6) is 0 Å². The average Bonchev–Trinajstić information content (AvgIpc) is 2.33. The topological polar surface area (TPSA) is 43.8 Å². The van der Waals surface area contributed by atoms with Crippen molar-refractivity contribution in [2.45, 2.75) is 39.7 Å². The maximum absolute atomic E-state index is 5.93. The van der Waals surface area contributed by atoms with Gasteiger partial charge in [-0.25, -0.2) is 4.68 Å². The first-order valence-corrected chi connectivity index (χ1v) is 5.65. The first-order chi connectivity index (χ1) is 6.07. The summed E-state index contributed by atoms with van der Waals surface area (Å²) in [6.07, 6.45) is 2.29. The third-order valence-corrected chi connectivity index (χ3v) is 3.50. The zero-order valence-electron chi connectivity index (χ0n) is 8.34. The summed E-state index contributed by atoms with van der Waals surface area (Å²) in [5, 5.41) is 4.41. The van der Waals surface area contributed by atoms with E-state index in [0.717, 1.165) is 27.9 Å². The Labute approximate surface area is 92.8 Å². The molecule has 2 N–H and O–H groups in total. The predicted molar refractivity (Wildman–Crippen MR) is 63.7 cm³/mol. The Morgan fingerprint density at radius 2 is 2.23 bits per heavy atom. The molecule has 1 aromatic rings. The second-order valence-electron chi connectivity index (χ2n) is 3.37. The first kappa shape index (κ1) is 10.8. The molecule has 74 valence electrons. The van der Waals surface area contributed by atoms with Gasteiger partial charge in [0, 0.05) is 0 Å². The summed E-state index contributed by atoms with van der Waals surface area (Å²) in [5.74, 6) is 0.805. The lowest BCUT2D eigenvalue weighted by Gasteiger charge is -2.12. The third kappa shape index (κ3) is 2.15. The standard InChI is InChI=1S/C9H16IN3/c1-4-5-6(2)13-9(11)8(10)7(3)12-13/h6H,4-5,11H2,1-3H3. The molecular formula is C9H16IN3. The number of hydrogen-bond donors (Lipinski definition) is 1. The Hall–Kier alpha value is -0.260. The summed E-state index contributed by atoms with van der Waals surface area (Å²) >= 11 is 2.24. The van der Waals surface area contributed by atoms with Crippen molar-refractivity contribution in [1.82, 2.24) is 9.78 Å². The quantitative estimate of drug-likeness (QED) is 0.871. The summed E-state index contributed by atoms with van der Waals surface area (Å²) in [6, 6.07) is 0.409. The van der Waals surface area contributed by atoms with Crippen molar-refractivity contribution >= 4 is 28.4 Å². The maximum Gasteiger partial charge on any atom is 0.135 e. The van der Waals surface area contributed by atoms with Gasteiger partial charge in [-0.15, -0.1) is 0 Å². The molecule has 1 unspecified atom stereocenters. The molecule has 0 saturated carbocycles. The molecule has 0 amide bonds. The van der Waals surface area contributed by atoms with Crippen LogP contribution in [0.3, 0.4) is 0 Å². The van der Waals surface area contributed by atoms with Crippen LogP contribution >= 0.6 is 22.6 Å². The van der Waals surface area contributed by atoms with Crippen LogP contribution in [0, 0.1) is 10.5 Å². The number of nitrogens with zero attached hydrogens (tertiary/aromatic N) is 2. The normalized spacial score (nSPS) is 13.2. The highest BCUT2D eigenvalue weighted by Crippen LogP contribution is 2.23. The van der Waals surface area contributed by atoms with Crippen molar-refractivity contribution in [3.8, 4) is 0 Å². The minimum absolute atomic E-state index is 0.409. The van der Waals surface area contributed by atoms with Crippen LogP contribution in [0.4, 0.5) is 5.82 Å². The second-order valence-corrected chi connectivity index (χ2v) is 4.45. The van der Waals surface area contributed by atoms with Gasteiger partial charge in [-0.05, 0) is 42.9 Å². The Morgan fingerprint density at radius 1 is 1.62 bits per heavy atom. The Bertz CT molecular complexity index is 293. The molecule has 1 atom stereocenters. The summed E-state index contributed by atoms with van der Waals surface area (Å²) in [4.78, 5) is 0. The highest BCUT2D eigenvalue weighted by Gasteiger charge is 2.13. The highest BCUT2D eigenvalue weighted by atomic mass is 127. The zero-order valence-corrected chi connectivity index (χ0v) is 10.5. The largest absolute Gasteiger partial charge is 0.383 e. The SMILES string of the molecule is CCCC(C)n1nc(C)c(I)c1N. The van der Waals surface area contributed by atoms with Gasteiger partial charge in [0.05, 0.1) is 15.3 Å². The number of nitrogens with two attached hydrogens (primary N) is 1. The lowest BCUT2D eigenvalue weighted by molar-refractivity contribution is 0.459. The van der Waals surface area contributed by atoms with Crippen LogP contribution in [0.15, 0.2) is 0 Å². The van der Waals surface area contributed by atoms with E-state index in [1.165, 1.54) is 0 Å². The van der Waals surface area contributed by atoms with E-state index in [0.29, 0.717) is 6.04 Å². The maximum atomic E-state index is 5.93. The van der Waals surface area contributed by atoms with Crippen LogP contribution < -0.4 is 5.73 Å². The van der Waals surface area contributed by atoms with Crippen LogP contribution in [0.2, 0.25) is 0 Å². The molecule has 0 aliphatic heterocycles. The van der Waals surface area contributed by atoms with Gasteiger partial charge in [0.25, 0.3) is 0 Å². The molecule has 0 saturated heterocycles. The Balaban J connectivity index is 2.94. The number of nitrogen functional groups attached to an aromatic ring is 1. The first-order valence-electron chi connectivity index (χ1n) is 4.58. The molecule has 1 rings (SSSR count). The van der Waals surface area contributed by atoms with Gasteiger partial charge in [0.1, 0.15) is 5.82 Å². The molecule has 0 aliphatic carbocycles. The van der Waals surface area contributed by atoms with Gasteiger partial charge in [0.15, 0.2) is 0 Å². The van der Waals surface area contributed by atoms with Crippen molar-refractivity contribution in [3.63, 3.8) is 0 Å². The van der Waals surface area contributed by atoms with E-state index in [1.54, 1.807) is 0 Å². The van der Waals surface area contributed by atoms with Crippen molar-refractivity contribution in [3.05, 3.63) is 9.26 Å². The fourth-order valence-electron chi connectivity index (χ4n) is 1.42. The summed E-state index contributed by atoms with van der Waals surface area (Å²) in [7, 11) is 0. The third-order valence-electron chi connectivity index (χ3n) is 2.17. The highest BCUT2D eigenvalue weighted by molar-refractivity contribution is 14.1. The lowest BCUT2D eigenvalue weighted by atomic mass is 10.2. The van der Waals surface area contributed by atoms with E-state index in [-0.39, 0.29) is 0 Å². The number of aromatic nitrogens is 2. The van der Waals surface area contributed by atoms with Crippen LogP contribution in [-0.2, 0) is 0 Å². The van der Waals surface area contributed by atoms with Gasteiger partial charge >= 0.3 is 0 Å². The number of hydrogen-bond acceptors (Lipinski definition) is 2. The molecule has 1 heterocycles. The average molecular weight is 293 g/mol. The summed E-state index contributed by atoms with van der Waals surface area (Å²) in [5.41, 5.74) is 6.96. The van der Waals surface area contributed by atoms with Crippen LogP contribution in [0.1, 0.15) is 38.4 Å². The molecule has 0 fully saturated rings. The molecule has 0 radical (unpaired) electrons. The van der Waals surface area contributed by atoms with Gasteiger partial charge in [-0.3, -0.25) is 0 Å². The van der Waals surface area contributed by atoms with Crippen molar-refractivity contribution in [1.29, 1.82) is 0 Å². The van der Waals surface area contributed by atoms with E-state index in [9.17, 15) is 0 Å². The van der Waals surface area contributed by atoms with Gasteiger partial charge in [0.2, 0.25) is 0 Å². The number of anilines is 1. The molecule has 4 heteroatoms. The van der Waals surface area contributed by atoms with Gasteiger partial charge in [-0.2, -0.15) is 5.10 Å². The fraction of sp³-hybridized carbons (Fsp3) is 0.667. The lowest BCUT2D eigenvalue weighted by Crippen LogP contribution is -2.10. The van der Waals surface area contributed by atoms with E-state index in [4.69, 9.17) is 5.73 Å². The number of rotatable bonds is 3. The molecule has 0 aliphatic rings. The molecule has 3 nitrogen and oxygen atoms in total. The molecule has 0 aromatic carbocycles. The molecule has 0 spiro atoms. The Morgan fingerprint density at radius 3 is 2.62 bits per heavy atom. The second kappa shape index (κ2) is 4.30. The van der Waals surface area contributed by atoms with Gasteiger partial charge in [-0.1, -0.05) is 13.3 Å². The van der Waals surface area contributed by atoms with Crippen molar-refractivity contribution in [2.24, 2.45) is 0 Å². The number of aryl methyl sites for hydroxylation is 1. The minimum Gasteiger partial charge on any atom is -0.383 e.